The van der Waals surface area contributed by atoms with Gasteiger partial charge in [0.1, 0.15) is 0 Å². The number of nitrogen functional groups attached to an aromatic ring is 1. The maximum atomic E-state index is 12.3. The van der Waals surface area contributed by atoms with Gasteiger partial charge < -0.3 is 11.1 Å². The fourth-order valence-corrected chi connectivity index (χ4v) is 2.58. The third-order valence-electron chi connectivity index (χ3n) is 2.58. The second kappa shape index (κ2) is 5.05. The molecule has 2 aromatic rings. The van der Waals surface area contributed by atoms with Gasteiger partial charge in [0, 0.05) is 16.8 Å². The van der Waals surface area contributed by atoms with E-state index in [1.165, 1.54) is 11.3 Å². The average Bonchev–Trinajstić information content (AvgIpc) is 2.76. The van der Waals surface area contributed by atoms with Crippen molar-refractivity contribution in [3.05, 3.63) is 40.6 Å². The normalized spacial score (nSPS) is 11.3. The number of thiophene rings is 1. The first-order chi connectivity index (χ1) is 8.87. The molecule has 0 unspecified atom stereocenters. The van der Waals surface area contributed by atoms with Crippen molar-refractivity contribution in [1.82, 2.24) is 5.32 Å². The van der Waals surface area contributed by atoms with Gasteiger partial charge >= 0.3 is 0 Å². The van der Waals surface area contributed by atoms with Gasteiger partial charge in [-0.1, -0.05) is 12.1 Å². The number of rotatable bonds is 2. The largest absolute Gasteiger partial charge is 0.399 e. The molecule has 0 saturated heterocycles. The van der Waals surface area contributed by atoms with Crippen molar-refractivity contribution >= 4 is 22.9 Å². The summed E-state index contributed by atoms with van der Waals surface area (Å²) in [5.74, 6) is -0.0330. The van der Waals surface area contributed by atoms with E-state index in [4.69, 9.17) is 5.73 Å². The van der Waals surface area contributed by atoms with E-state index in [0.29, 0.717) is 0 Å². The molecule has 19 heavy (non-hydrogen) atoms. The van der Waals surface area contributed by atoms with Crippen LogP contribution in [0.1, 0.15) is 30.4 Å². The molecule has 3 nitrogen and oxygen atoms in total. The molecule has 0 atom stereocenters. The van der Waals surface area contributed by atoms with Crippen LogP contribution in [0.2, 0.25) is 0 Å². The van der Waals surface area contributed by atoms with E-state index < -0.39 is 0 Å². The van der Waals surface area contributed by atoms with Gasteiger partial charge in [-0.2, -0.15) is 0 Å². The van der Waals surface area contributed by atoms with Gasteiger partial charge in [-0.15, -0.1) is 11.3 Å². The van der Waals surface area contributed by atoms with Gasteiger partial charge in [-0.05, 0) is 49.9 Å². The standard InChI is InChI=1S/C15H18N2OS/c1-15(2,3)17-14(18)13-12(8-9-19-13)10-4-6-11(16)7-5-10/h4-9H,16H2,1-3H3,(H,17,18). The number of amides is 1. The number of carbonyl (C=O) groups is 1. The topological polar surface area (TPSA) is 55.1 Å². The Morgan fingerprint density at radius 2 is 1.79 bits per heavy atom. The molecular weight excluding hydrogens is 256 g/mol. The van der Waals surface area contributed by atoms with Crippen LogP contribution in [0.5, 0.6) is 0 Å². The summed E-state index contributed by atoms with van der Waals surface area (Å²) >= 11 is 1.45. The van der Waals surface area contributed by atoms with Crippen LogP contribution < -0.4 is 11.1 Å². The number of hydrogen-bond donors (Lipinski definition) is 2. The summed E-state index contributed by atoms with van der Waals surface area (Å²) in [5.41, 5.74) is 8.13. The zero-order valence-corrected chi connectivity index (χ0v) is 12.2. The highest BCUT2D eigenvalue weighted by atomic mass is 32.1. The first kappa shape index (κ1) is 13.6. The summed E-state index contributed by atoms with van der Waals surface area (Å²) < 4.78 is 0. The van der Waals surface area contributed by atoms with E-state index in [2.05, 4.69) is 5.32 Å². The Hall–Kier alpha value is -1.81. The monoisotopic (exact) mass is 274 g/mol. The molecular formula is C15H18N2OS. The number of anilines is 1. The highest BCUT2D eigenvalue weighted by molar-refractivity contribution is 7.12. The zero-order chi connectivity index (χ0) is 14.0. The average molecular weight is 274 g/mol. The highest BCUT2D eigenvalue weighted by Gasteiger charge is 2.19. The first-order valence-corrected chi connectivity index (χ1v) is 7.01. The van der Waals surface area contributed by atoms with Crippen molar-refractivity contribution in [3.8, 4) is 11.1 Å². The molecule has 3 N–H and O–H groups in total. The molecule has 0 bridgehead atoms. The molecule has 0 aliphatic carbocycles. The maximum Gasteiger partial charge on any atom is 0.262 e. The predicted molar refractivity (Wildman–Crippen MR) is 81.4 cm³/mol. The molecule has 0 spiro atoms. The molecule has 0 aliphatic heterocycles. The summed E-state index contributed by atoms with van der Waals surface area (Å²) in [6.45, 7) is 5.92. The molecule has 0 radical (unpaired) electrons. The van der Waals surface area contributed by atoms with E-state index in [9.17, 15) is 4.79 Å². The molecule has 1 heterocycles. The number of carbonyl (C=O) groups excluding carboxylic acids is 1. The van der Waals surface area contributed by atoms with Crippen LogP contribution in [0, 0.1) is 0 Å². The molecule has 1 amide bonds. The number of nitrogens with one attached hydrogen (secondary N) is 1. The second-order valence-corrected chi connectivity index (χ2v) is 6.41. The van der Waals surface area contributed by atoms with Crippen LogP contribution >= 0.6 is 11.3 Å². The Morgan fingerprint density at radius 3 is 2.37 bits per heavy atom. The van der Waals surface area contributed by atoms with Gasteiger partial charge in [-0.25, -0.2) is 0 Å². The minimum Gasteiger partial charge on any atom is -0.399 e. The van der Waals surface area contributed by atoms with Gasteiger partial charge in [0.2, 0.25) is 0 Å². The van der Waals surface area contributed by atoms with Crippen molar-refractivity contribution in [2.75, 3.05) is 5.73 Å². The second-order valence-electron chi connectivity index (χ2n) is 5.49. The van der Waals surface area contributed by atoms with Crippen molar-refractivity contribution in [2.24, 2.45) is 0 Å². The summed E-state index contributed by atoms with van der Waals surface area (Å²) in [4.78, 5) is 13.0. The molecule has 100 valence electrons. The summed E-state index contributed by atoms with van der Waals surface area (Å²) in [7, 11) is 0. The van der Waals surface area contributed by atoms with E-state index in [-0.39, 0.29) is 11.4 Å². The molecule has 0 aliphatic rings. The number of nitrogens with two attached hydrogens (primary N) is 1. The van der Waals surface area contributed by atoms with E-state index >= 15 is 0 Å². The van der Waals surface area contributed by atoms with Crippen molar-refractivity contribution in [3.63, 3.8) is 0 Å². The minimum absolute atomic E-state index is 0.0330. The summed E-state index contributed by atoms with van der Waals surface area (Å²) in [6.07, 6.45) is 0. The fourth-order valence-electron chi connectivity index (χ4n) is 1.77. The molecule has 1 aromatic carbocycles. The Morgan fingerprint density at radius 1 is 1.16 bits per heavy atom. The summed E-state index contributed by atoms with van der Waals surface area (Å²) in [6, 6.07) is 9.53. The lowest BCUT2D eigenvalue weighted by molar-refractivity contribution is 0.0924. The maximum absolute atomic E-state index is 12.3. The minimum atomic E-state index is -0.237. The van der Waals surface area contributed by atoms with E-state index in [0.717, 1.165) is 21.7 Å². The van der Waals surface area contributed by atoms with Crippen molar-refractivity contribution in [1.29, 1.82) is 0 Å². The number of hydrogen-bond acceptors (Lipinski definition) is 3. The summed E-state index contributed by atoms with van der Waals surface area (Å²) in [5, 5.41) is 4.92. The molecule has 2 rings (SSSR count). The molecule has 1 aromatic heterocycles. The quantitative estimate of drug-likeness (QED) is 0.823. The Balaban J connectivity index is 2.32. The smallest absolute Gasteiger partial charge is 0.262 e. The van der Waals surface area contributed by atoms with Gasteiger partial charge in [0.05, 0.1) is 4.88 Å². The van der Waals surface area contributed by atoms with Crippen LogP contribution in [-0.4, -0.2) is 11.4 Å². The van der Waals surface area contributed by atoms with Gasteiger partial charge in [0.25, 0.3) is 5.91 Å². The fraction of sp³-hybridized carbons (Fsp3) is 0.267. The van der Waals surface area contributed by atoms with E-state index in [1.807, 2.05) is 56.5 Å². The Kier molecular flexibility index (Phi) is 3.62. The lowest BCUT2D eigenvalue weighted by atomic mass is 10.0. The first-order valence-electron chi connectivity index (χ1n) is 6.13. The van der Waals surface area contributed by atoms with Crippen LogP contribution in [0.15, 0.2) is 35.7 Å². The third kappa shape index (κ3) is 3.35. The SMILES string of the molecule is CC(C)(C)NC(=O)c1sccc1-c1ccc(N)cc1. The van der Waals surface area contributed by atoms with Crippen LogP contribution in [0.3, 0.4) is 0 Å². The highest BCUT2D eigenvalue weighted by Crippen LogP contribution is 2.29. The Bertz CT molecular complexity index is 579. The molecule has 0 saturated carbocycles. The van der Waals surface area contributed by atoms with Crippen LogP contribution in [0.25, 0.3) is 11.1 Å². The lowest BCUT2D eigenvalue weighted by Crippen LogP contribution is -2.40. The van der Waals surface area contributed by atoms with Gasteiger partial charge in [0.15, 0.2) is 0 Å². The van der Waals surface area contributed by atoms with E-state index in [1.54, 1.807) is 0 Å². The molecule has 0 fully saturated rings. The predicted octanol–water partition coefficient (Wildman–Crippen LogP) is 3.53. The van der Waals surface area contributed by atoms with Crippen molar-refractivity contribution < 1.29 is 4.79 Å². The third-order valence-corrected chi connectivity index (χ3v) is 3.49. The molecule has 4 heteroatoms. The van der Waals surface area contributed by atoms with Gasteiger partial charge in [-0.3, -0.25) is 4.79 Å². The number of benzene rings is 1. The Labute approximate surface area is 117 Å². The lowest BCUT2D eigenvalue weighted by Gasteiger charge is -2.20. The van der Waals surface area contributed by atoms with Crippen LogP contribution in [-0.2, 0) is 0 Å². The van der Waals surface area contributed by atoms with Crippen molar-refractivity contribution in [2.45, 2.75) is 26.3 Å². The van der Waals surface area contributed by atoms with Crippen LogP contribution in [0.4, 0.5) is 5.69 Å². The zero-order valence-electron chi connectivity index (χ0n) is 11.4.